The Morgan fingerprint density at radius 1 is 1.39 bits per heavy atom. The minimum absolute atomic E-state index is 0.477. The van der Waals surface area contributed by atoms with Crippen LogP contribution in [0.5, 0.6) is 0 Å². The van der Waals surface area contributed by atoms with Crippen molar-refractivity contribution in [3.8, 4) is 0 Å². The molecule has 122 valence electrons. The molecule has 0 aromatic carbocycles. The highest BCUT2D eigenvalue weighted by atomic mass is 15.2. The van der Waals surface area contributed by atoms with Crippen molar-refractivity contribution in [2.24, 2.45) is 4.99 Å². The van der Waals surface area contributed by atoms with Gasteiger partial charge in [0, 0.05) is 37.9 Å². The van der Waals surface area contributed by atoms with Gasteiger partial charge in [0.2, 0.25) is 0 Å². The molecule has 0 spiro atoms. The normalized spacial score (nSPS) is 15.5. The summed E-state index contributed by atoms with van der Waals surface area (Å²) in [4.78, 5) is 9.38. The van der Waals surface area contributed by atoms with Crippen LogP contribution in [0, 0.1) is 6.92 Å². The van der Waals surface area contributed by atoms with Gasteiger partial charge in [0.1, 0.15) is 5.65 Å². The average Bonchev–Trinajstić information content (AvgIpc) is 3.17. The molecule has 0 saturated heterocycles. The molecule has 0 amide bonds. The first-order chi connectivity index (χ1) is 11.3. The maximum absolute atomic E-state index is 4.70. The standard InChI is InChI=1S/C18H25N5/c1-3-19-18(22-15-8-4-5-9-15)20-11-10-16-13-23-12-6-7-14(2)17(23)21-16/h4-7,12-13,15H,3,8-11H2,1-2H3,(H2,19,20,22). The minimum atomic E-state index is 0.477. The fourth-order valence-electron chi connectivity index (χ4n) is 2.86. The third kappa shape index (κ3) is 3.92. The van der Waals surface area contributed by atoms with Crippen LogP contribution in [0.2, 0.25) is 0 Å². The van der Waals surface area contributed by atoms with Crippen molar-refractivity contribution in [1.82, 2.24) is 20.0 Å². The van der Waals surface area contributed by atoms with Crippen LogP contribution >= 0.6 is 0 Å². The van der Waals surface area contributed by atoms with Gasteiger partial charge < -0.3 is 15.0 Å². The van der Waals surface area contributed by atoms with Crippen LogP contribution in [0.25, 0.3) is 5.65 Å². The average molecular weight is 311 g/mol. The second-order valence-corrected chi connectivity index (χ2v) is 5.95. The largest absolute Gasteiger partial charge is 0.357 e. The number of aryl methyl sites for hydroxylation is 1. The molecule has 23 heavy (non-hydrogen) atoms. The number of aliphatic imine (C=N–C) groups is 1. The molecule has 2 N–H and O–H groups in total. The molecule has 0 radical (unpaired) electrons. The third-order valence-electron chi connectivity index (χ3n) is 4.06. The topological polar surface area (TPSA) is 53.7 Å². The van der Waals surface area contributed by atoms with Crippen LogP contribution in [0.15, 0.2) is 41.7 Å². The van der Waals surface area contributed by atoms with Crippen molar-refractivity contribution in [2.75, 3.05) is 13.1 Å². The van der Waals surface area contributed by atoms with Crippen LogP contribution in [-0.2, 0) is 6.42 Å². The summed E-state index contributed by atoms with van der Waals surface area (Å²) >= 11 is 0. The molecule has 5 heteroatoms. The van der Waals surface area contributed by atoms with Crippen molar-refractivity contribution in [1.29, 1.82) is 0 Å². The summed E-state index contributed by atoms with van der Waals surface area (Å²) in [6, 6.07) is 4.62. The number of aromatic nitrogens is 2. The van der Waals surface area contributed by atoms with Gasteiger partial charge in [-0.25, -0.2) is 4.98 Å². The van der Waals surface area contributed by atoms with E-state index in [0.717, 1.165) is 49.7 Å². The fourth-order valence-corrected chi connectivity index (χ4v) is 2.86. The van der Waals surface area contributed by atoms with E-state index in [0.29, 0.717) is 6.04 Å². The molecule has 0 fully saturated rings. The van der Waals surface area contributed by atoms with E-state index in [9.17, 15) is 0 Å². The Kier molecular flexibility index (Phi) is 4.95. The molecular formula is C18H25N5. The van der Waals surface area contributed by atoms with Crippen LogP contribution in [0.1, 0.15) is 31.0 Å². The van der Waals surface area contributed by atoms with Gasteiger partial charge in [0.25, 0.3) is 0 Å². The molecule has 3 rings (SSSR count). The summed E-state index contributed by atoms with van der Waals surface area (Å²) in [5.74, 6) is 0.904. The van der Waals surface area contributed by atoms with Crippen LogP contribution in [0.3, 0.4) is 0 Å². The number of guanidine groups is 1. The first-order valence-corrected chi connectivity index (χ1v) is 8.39. The van der Waals surface area contributed by atoms with Gasteiger partial charge in [-0.2, -0.15) is 0 Å². The number of pyridine rings is 1. The molecule has 0 aliphatic heterocycles. The lowest BCUT2D eigenvalue weighted by Crippen LogP contribution is -2.42. The predicted octanol–water partition coefficient (Wildman–Crippen LogP) is 2.46. The quantitative estimate of drug-likeness (QED) is 0.507. The van der Waals surface area contributed by atoms with Gasteiger partial charge >= 0.3 is 0 Å². The SMILES string of the molecule is CCNC(=NCCc1cn2cccc(C)c2n1)NC1CC=CC1. The smallest absolute Gasteiger partial charge is 0.191 e. The van der Waals surface area contributed by atoms with E-state index in [2.05, 4.69) is 64.4 Å². The Balaban J connectivity index is 1.61. The first kappa shape index (κ1) is 15.6. The lowest BCUT2D eigenvalue weighted by Gasteiger charge is -2.16. The summed E-state index contributed by atoms with van der Waals surface area (Å²) in [5.41, 5.74) is 3.32. The zero-order valence-electron chi connectivity index (χ0n) is 13.9. The number of hydrogen-bond donors (Lipinski definition) is 2. The van der Waals surface area contributed by atoms with Gasteiger partial charge in [-0.05, 0) is 38.3 Å². The number of hydrogen-bond acceptors (Lipinski definition) is 2. The van der Waals surface area contributed by atoms with E-state index < -0.39 is 0 Å². The number of imidazole rings is 1. The van der Waals surface area contributed by atoms with Crippen molar-refractivity contribution < 1.29 is 0 Å². The van der Waals surface area contributed by atoms with E-state index in [1.165, 1.54) is 5.56 Å². The van der Waals surface area contributed by atoms with Crippen LogP contribution in [-0.4, -0.2) is 34.5 Å². The van der Waals surface area contributed by atoms with Crippen molar-refractivity contribution >= 4 is 11.6 Å². The first-order valence-electron chi connectivity index (χ1n) is 8.39. The summed E-state index contributed by atoms with van der Waals surface area (Å²) in [5, 5.41) is 6.81. The molecular weight excluding hydrogens is 286 g/mol. The molecule has 0 atom stereocenters. The Morgan fingerprint density at radius 3 is 2.96 bits per heavy atom. The Morgan fingerprint density at radius 2 is 2.22 bits per heavy atom. The zero-order valence-corrected chi connectivity index (χ0v) is 13.9. The molecule has 0 unspecified atom stereocenters. The van der Waals surface area contributed by atoms with Crippen LogP contribution < -0.4 is 10.6 Å². The Labute approximate surface area is 137 Å². The molecule has 2 aromatic rings. The van der Waals surface area contributed by atoms with Crippen molar-refractivity contribution in [3.63, 3.8) is 0 Å². The van der Waals surface area contributed by atoms with E-state index in [4.69, 9.17) is 4.98 Å². The van der Waals surface area contributed by atoms with Crippen molar-refractivity contribution in [2.45, 2.75) is 39.2 Å². The molecule has 2 aromatic heterocycles. The van der Waals surface area contributed by atoms with Gasteiger partial charge in [0.05, 0.1) is 5.69 Å². The summed E-state index contributed by atoms with van der Waals surface area (Å²) < 4.78 is 2.09. The van der Waals surface area contributed by atoms with Gasteiger partial charge in [-0.1, -0.05) is 18.2 Å². The molecule has 0 bridgehead atoms. The monoisotopic (exact) mass is 311 g/mol. The molecule has 1 aliphatic carbocycles. The number of rotatable bonds is 5. The van der Waals surface area contributed by atoms with Gasteiger partial charge in [-0.15, -0.1) is 0 Å². The zero-order chi connectivity index (χ0) is 16.1. The molecule has 0 saturated carbocycles. The highest BCUT2D eigenvalue weighted by Gasteiger charge is 2.11. The lowest BCUT2D eigenvalue weighted by molar-refractivity contribution is 0.633. The van der Waals surface area contributed by atoms with Gasteiger partial charge in [-0.3, -0.25) is 4.99 Å². The van der Waals surface area contributed by atoms with Crippen LogP contribution in [0.4, 0.5) is 0 Å². The van der Waals surface area contributed by atoms with E-state index in [1.807, 2.05) is 6.20 Å². The molecule has 2 heterocycles. The van der Waals surface area contributed by atoms with Crippen molar-refractivity contribution in [3.05, 3.63) is 47.9 Å². The second-order valence-electron chi connectivity index (χ2n) is 5.95. The Bertz CT molecular complexity index is 705. The summed E-state index contributed by atoms with van der Waals surface area (Å²) in [6.45, 7) is 5.79. The van der Waals surface area contributed by atoms with E-state index in [-0.39, 0.29) is 0 Å². The fraction of sp³-hybridized carbons (Fsp3) is 0.444. The van der Waals surface area contributed by atoms with E-state index in [1.54, 1.807) is 0 Å². The number of fused-ring (bicyclic) bond motifs is 1. The molecule has 1 aliphatic rings. The summed E-state index contributed by atoms with van der Waals surface area (Å²) in [6.07, 6.45) is 11.6. The summed E-state index contributed by atoms with van der Waals surface area (Å²) in [7, 11) is 0. The Hall–Kier alpha value is -2.30. The maximum Gasteiger partial charge on any atom is 0.191 e. The van der Waals surface area contributed by atoms with E-state index >= 15 is 0 Å². The third-order valence-corrected chi connectivity index (χ3v) is 4.06. The number of nitrogens with one attached hydrogen (secondary N) is 2. The predicted molar refractivity (Wildman–Crippen MR) is 94.9 cm³/mol. The molecule has 5 nitrogen and oxygen atoms in total. The lowest BCUT2D eigenvalue weighted by atomic mass is 10.2. The maximum atomic E-state index is 4.70. The second kappa shape index (κ2) is 7.31. The number of nitrogens with zero attached hydrogens (tertiary/aromatic N) is 3. The van der Waals surface area contributed by atoms with Gasteiger partial charge in [0.15, 0.2) is 5.96 Å². The minimum Gasteiger partial charge on any atom is -0.357 e. The highest BCUT2D eigenvalue weighted by molar-refractivity contribution is 5.80. The highest BCUT2D eigenvalue weighted by Crippen LogP contribution is 2.11.